The van der Waals surface area contributed by atoms with Gasteiger partial charge in [0, 0.05) is 12.6 Å². The van der Waals surface area contributed by atoms with E-state index in [0.717, 1.165) is 36.6 Å². The van der Waals surface area contributed by atoms with Crippen LogP contribution in [0.15, 0.2) is 36.4 Å². The highest BCUT2D eigenvalue weighted by molar-refractivity contribution is 5.91. The zero-order valence-electron chi connectivity index (χ0n) is 23.7. The lowest BCUT2D eigenvalue weighted by Gasteiger charge is -2.48. The highest BCUT2D eigenvalue weighted by Crippen LogP contribution is 2.49. The van der Waals surface area contributed by atoms with Gasteiger partial charge in [0.25, 0.3) is 0 Å². The molecule has 1 aliphatic heterocycles. The van der Waals surface area contributed by atoms with Crippen LogP contribution in [0.25, 0.3) is 0 Å². The molecule has 1 aliphatic carbocycles. The van der Waals surface area contributed by atoms with E-state index in [1.54, 1.807) is 13.8 Å². The Morgan fingerprint density at radius 2 is 1.45 bits per heavy atom. The second kappa shape index (κ2) is 12.0. The molecule has 15 heteroatoms. The van der Waals surface area contributed by atoms with Crippen LogP contribution < -0.4 is 4.90 Å². The van der Waals surface area contributed by atoms with E-state index in [0.29, 0.717) is 25.0 Å². The van der Waals surface area contributed by atoms with Crippen LogP contribution in [0.1, 0.15) is 73.4 Å². The normalized spacial score (nSPS) is 19.3. The number of amides is 2. The first-order chi connectivity index (χ1) is 20.3. The van der Waals surface area contributed by atoms with E-state index in [9.17, 15) is 49.1 Å². The molecule has 2 aromatic rings. The van der Waals surface area contributed by atoms with Crippen LogP contribution in [0.3, 0.4) is 0 Å². The number of alkyl halides is 9. The molecule has 2 amide bonds. The second-order valence-electron chi connectivity index (χ2n) is 11.1. The molecule has 2 atom stereocenters. The molecule has 0 N–H and O–H groups in total. The number of methoxy groups -OCH3 is 1. The van der Waals surface area contributed by atoms with Gasteiger partial charge in [0.2, 0.25) is 0 Å². The van der Waals surface area contributed by atoms with Crippen LogP contribution in [-0.4, -0.2) is 36.3 Å². The predicted octanol–water partition coefficient (Wildman–Crippen LogP) is 8.98. The maximum Gasteiger partial charge on any atom is 0.416 e. The summed E-state index contributed by atoms with van der Waals surface area (Å²) in [6.45, 7) is 2.30. The molecule has 1 fully saturated rings. The fourth-order valence-corrected chi connectivity index (χ4v) is 5.60. The van der Waals surface area contributed by atoms with Crippen molar-refractivity contribution in [3.05, 3.63) is 64.2 Å². The van der Waals surface area contributed by atoms with Gasteiger partial charge in [0.15, 0.2) is 0 Å². The Kier molecular flexibility index (Phi) is 9.09. The van der Waals surface area contributed by atoms with Crippen molar-refractivity contribution in [1.82, 2.24) is 4.90 Å². The fraction of sp³-hybridized carbons (Fsp3) is 0.517. The Hall–Kier alpha value is -3.65. The molecule has 0 bridgehead atoms. The number of hydrogen-bond acceptors (Lipinski definition) is 4. The predicted molar refractivity (Wildman–Crippen MR) is 138 cm³/mol. The van der Waals surface area contributed by atoms with Crippen molar-refractivity contribution >= 4 is 17.9 Å². The summed E-state index contributed by atoms with van der Waals surface area (Å²) in [5, 5.41) is 0. The summed E-state index contributed by atoms with van der Waals surface area (Å²) in [5.41, 5.74) is -5.16. The lowest BCUT2D eigenvalue weighted by molar-refractivity contribution is -0.143. The topological polar surface area (TPSA) is 59.1 Å². The Balaban J connectivity index is 1.90. The first-order valence-electron chi connectivity index (χ1n) is 13.6. The smallest absolute Gasteiger partial charge is 0.416 e. The quantitative estimate of drug-likeness (QED) is 0.306. The number of carbonyl (C=O) groups excluding carboxylic acids is 2. The SMILES string of the molecule is COC(=O)N(Cc1cc(C(F)(F)F)cc(C(F)(F)F)c1)[C@H]1C[C@@H](C2CCC2)N(C(=O)OC(C)C)c2ccc(C(F)(F)F)cc21. The number of anilines is 1. The van der Waals surface area contributed by atoms with Crippen LogP contribution in [0.5, 0.6) is 0 Å². The van der Waals surface area contributed by atoms with Crippen molar-refractivity contribution in [2.75, 3.05) is 12.0 Å². The maximum atomic E-state index is 13.8. The summed E-state index contributed by atoms with van der Waals surface area (Å²) in [5.74, 6) is -0.155. The van der Waals surface area contributed by atoms with Gasteiger partial charge in [-0.05, 0) is 86.6 Å². The van der Waals surface area contributed by atoms with E-state index in [2.05, 4.69) is 0 Å². The highest BCUT2D eigenvalue weighted by atomic mass is 19.4. The molecule has 6 nitrogen and oxygen atoms in total. The van der Waals surface area contributed by atoms with Gasteiger partial charge in [-0.1, -0.05) is 6.42 Å². The minimum absolute atomic E-state index is 0.0225. The molecule has 0 unspecified atom stereocenters. The van der Waals surface area contributed by atoms with Gasteiger partial charge >= 0.3 is 30.7 Å². The lowest BCUT2D eigenvalue weighted by Crippen LogP contribution is -2.53. The Bertz CT molecular complexity index is 1350. The summed E-state index contributed by atoms with van der Waals surface area (Å²) in [6.07, 6.45) is -15.9. The van der Waals surface area contributed by atoms with E-state index in [4.69, 9.17) is 9.47 Å². The van der Waals surface area contributed by atoms with Gasteiger partial charge in [-0.15, -0.1) is 0 Å². The van der Waals surface area contributed by atoms with E-state index in [1.807, 2.05) is 0 Å². The van der Waals surface area contributed by atoms with Crippen LogP contribution in [-0.2, 0) is 34.5 Å². The highest BCUT2D eigenvalue weighted by Gasteiger charge is 2.47. The molecule has 0 spiro atoms. The van der Waals surface area contributed by atoms with E-state index in [1.165, 1.54) is 4.90 Å². The number of rotatable bonds is 5. The van der Waals surface area contributed by atoms with Gasteiger partial charge in [0.1, 0.15) is 0 Å². The van der Waals surface area contributed by atoms with Crippen molar-refractivity contribution in [2.45, 2.75) is 82.8 Å². The molecule has 4 rings (SSSR count). The average molecular weight is 641 g/mol. The van der Waals surface area contributed by atoms with Crippen molar-refractivity contribution < 1.29 is 58.6 Å². The zero-order chi connectivity index (χ0) is 32.8. The molecule has 1 saturated carbocycles. The van der Waals surface area contributed by atoms with Crippen LogP contribution in [0.4, 0.5) is 54.8 Å². The van der Waals surface area contributed by atoms with E-state index < -0.39 is 77.7 Å². The summed E-state index contributed by atoms with van der Waals surface area (Å²) in [7, 11) is 0.925. The molecule has 2 aromatic carbocycles. The van der Waals surface area contributed by atoms with Gasteiger partial charge in [0.05, 0.1) is 41.6 Å². The monoisotopic (exact) mass is 640 g/mol. The molecular formula is C29H29F9N2O4. The third-order valence-electron chi connectivity index (χ3n) is 7.78. The summed E-state index contributed by atoms with van der Waals surface area (Å²) in [4.78, 5) is 28.4. The number of nitrogens with zero attached hydrogens (tertiary/aromatic N) is 2. The molecule has 242 valence electrons. The molecular weight excluding hydrogens is 611 g/mol. The number of carbonyl (C=O) groups is 2. The van der Waals surface area contributed by atoms with E-state index >= 15 is 0 Å². The second-order valence-corrected chi connectivity index (χ2v) is 11.1. The first kappa shape index (κ1) is 33.2. The van der Waals surface area contributed by atoms with Crippen molar-refractivity contribution in [3.63, 3.8) is 0 Å². The minimum Gasteiger partial charge on any atom is -0.453 e. The molecule has 2 aliphatic rings. The summed E-state index contributed by atoms with van der Waals surface area (Å²) < 4.78 is 133. The van der Waals surface area contributed by atoms with Crippen LogP contribution in [0, 0.1) is 5.92 Å². The largest absolute Gasteiger partial charge is 0.453 e. The number of hydrogen-bond donors (Lipinski definition) is 0. The van der Waals surface area contributed by atoms with Crippen molar-refractivity contribution in [3.8, 4) is 0 Å². The maximum absolute atomic E-state index is 13.8. The number of benzene rings is 2. The standard InChI is InChI=1S/C29H29F9N2O4/c1-15(2)44-26(42)40-22-8-7-18(27(30,31)32)12-21(22)24(13-23(40)17-5-4-6-17)39(25(41)43-3)14-16-9-19(28(33,34)35)11-20(10-16)29(36,37)38/h7-12,15,17,23-24H,4-6,13-14H2,1-3H3/t23-,24-/m0/s1. The van der Waals surface area contributed by atoms with Crippen molar-refractivity contribution in [1.29, 1.82) is 0 Å². The van der Waals surface area contributed by atoms with Gasteiger partial charge in [-0.25, -0.2) is 9.59 Å². The summed E-state index contributed by atoms with van der Waals surface area (Å²) in [6, 6.07) is 1.31. The van der Waals surface area contributed by atoms with Crippen molar-refractivity contribution in [2.24, 2.45) is 5.92 Å². The molecule has 1 heterocycles. The lowest BCUT2D eigenvalue weighted by atomic mass is 9.74. The molecule has 44 heavy (non-hydrogen) atoms. The third kappa shape index (κ3) is 7.01. The Morgan fingerprint density at radius 1 is 0.886 bits per heavy atom. The number of ether oxygens (including phenoxy) is 2. The van der Waals surface area contributed by atoms with Gasteiger partial charge in [-0.3, -0.25) is 9.80 Å². The third-order valence-corrected chi connectivity index (χ3v) is 7.78. The van der Waals surface area contributed by atoms with Crippen LogP contribution >= 0.6 is 0 Å². The average Bonchev–Trinajstić information content (AvgIpc) is 2.87. The van der Waals surface area contributed by atoms with Gasteiger partial charge in [-0.2, -0.15) is 39.5 Å². The fourth-order valence-electron chi connectivity index (χ4n) is 5.60. The summed E-state index contributed by atoms with van der Waals surface area (Å²) >= 11 is 0. The number of halogens is 9. The number of fused-ring (bicyclic) bond motifs is 1. The van der Waals surface area contributed by atoms with Crippen LogP contribution in [0.2, 0.25) is 0 Å². The molecule has 0 saturated heterocycles. The van der Waals surface area contributed by atoms with Gasteiger partial charge < -0.3 is 9.47 Å². The Morgan fingerprint density at radius 3 is 1.91 bits per heavy atom. The minimum atomic E-state index is -5.17. The Labute approximate surface area is 246 Å². The molecule has 0 radical (unpaired) electrons. The first-order valence-corrected chi connectivity index (χ1v) is 13.6. The zero-order valence-corrected chi connectivity index (χ0v) is 23.7. The van der Waals surface area contributed by atoms with E-state index in [-0.39, 0.29) is 29.7 Å². The molecule has 0 aromatic heterocycles.